The molecule has 0 radical (unpaired) electrons. The monoisotopic (exact) mass is 764 g/mol. The van der Waals surface area contributed by atoms with Crippen molar-refractivity contribution >= 4 is 71.2 Å². The van der Waals surface area contributed by atoms with Crippen molar-refractivity contribution in [3.8, 4) is 39.3 Å². The molecule has 0 bridgehead atoms. The van der Waals surface area contributed by atoms with Gasteiger partial charge in [0.25, 0.3) is 0 Å². The average Bonchev–Trinajstić information content (AvgIpc) is 4.03. The fraction of sp³-hybridized carbons (Fsp3) is 0. The van der Waals surface area contributed by atoms with Gasteiger partial charge in [0.15, 0.2) is 0 Å². The van der Waals surface area contributed by atoms with Crippen LogP contribution in [0.2, 0.25) is 0 Å². The third-order valence-corrected chi connectivity index (χ3v) is 12.5. The van der Waals surface area contributed by atoms with Crippen molar-refractivity contribution in [3.05, 3.63) is 218 Å². The molecule has 0 N–H and O–H groups in total. The van der Waals surface area contributed by atoms with Gasteiger partial charge in [-0.05, 0) is 95.6 Å². The number of hydrogen-bond acceptors (Lipinski definition) is 0. The molecule has 0 aliphatic carbocycles. The molecule has 0 aliphatic rings. The van der Waals surface area contributed by atoms with E-state index in [4.69, 9.17) is 0 Å². The normalized spacial score (nSPS) is 12.0. The van der Waals surface area contributed by atoms with Gasteiger partial charge in [-0.15, -0.1) is 0 Å². The second kappa shape index (κ2) is 12.7. The highest BCUT2D eigenvalue weighted by molar-refractivity contribution is 6.19. The largest absolute Gasteiger partial charge is 0.309 e. The molecule has 0 spiro atoms. The Kier molecular flexibility index (Phi) is 6.98. The molecule has 0 saturated carbocycles. The van der Waals surface area contributed by atoms with E-state index >= 15 is 0 Å². The maximum atomic E-state index is 2.51. The molecule has 0 unspecified atom stereocenters. The van der Waals surface area contributed by atoms with Gasteiger partial charge in [0.05, 0.1) is 38.6 Å². The number of para-hydroxylation sites is 5. The van der Waals surface area contributed by atoms with E-state index in [0.717, 1.165) is 28.2 Å². The van der Waals surface area contributed by atoms with Crippen molar-refractivity contribution in [2.75, 3.05) is 0 Å². The molecule has 0 amide bonds. The van der Waals surface area contributed by atoms with Gasteiger partial charge in [0.2, 0.25) is 0 Å². The molecule has 4 aromatic heterocycles. The van der Waals surface area contributed by atoms with Gasteiger partial charge < -0.3 is 9.13 Å². The molecule has 4 heteroatoms. The van der Waals surface area contributed by atoms with Crippen molar-refractivity contribution in [2.24, 2.45) is 0 Å². The predicted octanol–water partition coefficient (Wildman–Crippen LogP) is 14.6. The number of imidazole rings is 1. The second-order valence-electron chi connectivity index (χ2n) is 15.8. The van der Waals surface area contributed by atoms with Gasteiger partial charge >= 0.3 is 0 Å². The number of benzene rings is 9. The quantitative estimate of drug-likeness (QED) is 0.166. The zero-order valence-electron chi connectivity index (χ0n) is 32.6. The summed E-state index contributed by atoms with van der Waals surface area (Å²) in [6.45, 7) is 0. The first-order valence-electron chi connectivity index (χ1n) is 20.6. The highest BCUT2D eigenvalue weighted by Gasteiger charge is 2.25. The van der Waals surface area contributed by atoms with E-state index in [-0.39, 0.29) is 0 Å². The van der Waals surface area contributed by atoms with Gasteiger partial charge in [-0.3, -0.25) is 8.97 Å². The molecular formula is C56H36N4. The SMILES string of the molecule is c1ccc(-c2cccc(-n3c4ccccc4c4cc5c(-c6ccccc6)c6n(-c7ccc8c(c7)c7ccccc7n8-c7ccccc7)c7ccccc7n6c5cc43)c2)cc1. The lowest BCUT2D eigenvalue weighted by molar-refractivity contribution is 1.14. The molecule has 0 aliphatic heterocycles. The van der Waals surface area contributed by atoms with E-state index in [9.17, 15) is 0 Å². The van der Waals surface area contributed by atoms with E-state index in [1.807, 2.05) is 0 Å². The Labute approximate surface area is 345 Å². The van der Waals surface area contributed by atoms with Gasteiger partial charge in [-0.1, -0.05) is 140 Å². The Morgan fingerprint density at radius 3 is 1.47 bits per heavy atom. The Hall–Kier alpha value is -8.08. The van der Waals surface area contributed by atoms with Gasteiger partial charge in [0.1, 0.15) is 5.65 Å². The van der Waals surface area contributed by atoms with Crippen LogP contribution in [0, 0.1) is 0 Å². The maximum absolute atomic E-state index is 2.51. The van der Waals surface area contributed by atoms with E-state index in [1.165, 1.54) is 82.3 Å². The first-order chi connectivity index (χ1) is 29.8. The average molecular weight is 765 g/mol. The Morgan fingerprint density at radius 1 is 0.233 bits per heavy atom. The zero-order valence-corrected chi connectivity index (χ0v) is 32.6. The molecule has 60 heavy (non-hydrogen) atoms. The van der Waals surface area contributed by atoms with E-state index in [1.54, 1.807) is 0 Å². The van der Waals surface area contributed by atoms with Crippen molar-refractivity contribution in [1.29, 1.82) is 0 Å². The first kappa shape index (κ1) is 32.9. The third-order valence-electron chi connectivity index (χ3n) is 12.5. The minimum atomic E-state index is 1.13. The van der Waals surface area contributed by atoms with E-state index in [2.05, 4.69) is 236 Å². The Morgan fingerprint density at radius 2 is 0.750 bits per heavy atom. The molecule has 13 aromatic rings. The smallest absolute Gasteiger partial charge is 0.131 e. The maximum Gasteiger partial charge on any atom is 0.131 e. The topological polar surface area (TPSA) is 19.2 Å². The number of hydrogen-bond donors (Lipinski definition) is 0. The lowest BCUT2D eigenvalue weighted by Crippen LogP contribution is -1.96. The van der Waals surface area contributed by atoms with Crippen LogP contribution in [0.5, 0.6) is 0 Å². The summed E-state index contributed by atoms with van der Waals surface area (Å²) < 4.78 is 9.84. The third kappa shape index (κ3) is 4.67. The highest BCUT2D eigenvalue weighted by atomic mass is 15.1. The molecule has 4 nitrogen and oxygen atoms in total. The first-order valence-corrected chi connectivity index (χ1v) is 20.6. The van der Waals surface area contributed by atoms with Crippen molar-refractivity contribution in [3.63, 3.8) is 0 Å². The molecule has 9 aromatic carbocycles. The summed E-state index contributed by atoms with van der Waals surface area (Å²) in [5, 5.41) is 6.16. The summed E-state index contributed by atoms with van der Waals surface area (Å²) >= 11 is 0. The van der Waals surface area contributed by atoms with Crippen LogP contribution in [0.1, 0.15) is 0 Å². The van der Waals surface area contributed by atoms with Crippen molar-refractivity contribution < 1.29 is 0 Å². The lowest BCUT2D eigenvalue weighted by atomic mass is 10.0. The van der Waals surface area contributed by atoms with Gasteiger partial charge in [0, 0.05) is 49.6 Å². The summed E-state index contributed by atoms with van der Waals surface area (Å²) in [4.78, 5) is 0. The van der Waals surface area contributed by atoms with Crippen LogP contribution in [-0.2, 0) is 0 Å². The summed E-state index contributed by atoms with van der Waals surface area (Å²) in [7, 11) is 0. The van der Waals surface area contributed by atoms with Crippen LogP contribution in [0.25, 0.3) is 111 Å². The van der Waals surface area contributed by atoms with Crippen LogP contribution in [0.15, 0.2) is 218 Å². The van der Waals surface area contributed by atoms with E-state index in [0.29, 0.717) is 0 Å². The Balaban J connectivity index is 1.15. The molecule has 13 rings (SSSR count). The fourth-order valence-electron chi connectivity index (χ4n) is 9.99. The summed E-state index contributed by atoms with van der Waals surface area (Å²) in [6.07, 6.45) is 0. The van der Waals surface area contributed by atoms with E-state index < -0.39 is 0 Å². The molecule has 4 heterocycles. The number of nitrogens with zero attached hydrogens (tertiary/aromatic N) is 4. The molecule has 280 valence electrons. The molecule has 0 fully saturated rings. The highest BCUT2D eigenvalue weighted by Crippen LogP contribution is 2.45. The molecular weight excluding hydrogens is 729 g/mol. The fourth-order valence-corrected chi connectivity index (χ4v) is 9.99. The van der Waals surface area contributed by atoms with Crippen LogP contribution in [0.3, 0.4) is 0 Å². The van der Waals surface area contributed by atoms with Crippen LogP contribution in [-0.4, -0.2) is 18.1 Å². The van der Waals surface area contributed by atoms with Crippen LogP contribution in [0.4, 0.5) is 0 Å². The molecule has 0 saturated heterocycles. The summed E-state index contributed by atoms with van der Waals surface area (Å²) in [5.74, 6) is 0. The number of aromatic nitrogens is 4. The van der Waals surface area contributed by atoms with Crippen LogP contribution >= 0.6 is 0 Å². The van der Waals surface area contributed by atoms with Gasteiger partial charge in [-0.2, -0.15) is 0 Å². The zero-order chi connectivity index (χ0) is 39.3. The molecule has 0 atom stereocenters. The lowest BCUT2D eigenvalue weighted by Gasteiger charge is -2.11. The predicted molar refractivity (Wildman–Crippen MR) is 251 cm³/mol. The van der Waals surface area contributed by atoms with Crippen molar-refractivity contribution in [1.82, 2.24) is 18.1 Å². The minimum absolute atomic E-state index is 1.13. The second-order valence-corrected chi connectivity index (χ2v) is 15.8. The summed E-state index contributed by atoms with van der Waals surface area (Å²) in [6, 6.07) is 79.7. The Bertz CT molecular complexity index is 3810. The number of fused-ring (bicyclic) bond motifs is 11. The number of rotatable bonds is 5. The van der Waals surface area contributed by atoms with Crippen molar-refractivity contribution in [2.45, 2.75) is 0 Å². The summed E-state index contributed by atoms with van der Waals surface area (Å²) in [5.41, 5.74) is 17.7. The van der Waals surface area contributed by atoms with Crippen LogP contribution < -0.4 is 0 Å². The van der Waals surface area contributed by atoms with Gasteiger partial charge in [-0.25, -0.2) is 0 Å². The standard InChI is InChI=1S/C56H36N4/c1-4-17-37(18-5-1)39-21-16-24-41(33-39)58-49-28-13-11-26-44(49)46-35-47-54(36-53(46)58)60-52-30-15-14-29-51(52)59(56(60)55(47)38-19-6-2-7-20-38)42-31-32-50-45(34-42)43-25-10-12-27-48(43)57(50)40-22-8-3-9-23-40/h1-36H. The minimum Gasteiger partial charge on any atom is -0.309 e.